The van der Waals surface area contributed by atoms with Gasteiger partial charge in [-0.25, -0.2) is 9.97 Å². The number of halogens is 3. The van der Waals surface area contributed by atoms with Crippen molar-refractivity contribution in [3.8, 4) is 0 Å². The fraction of sp³-hybridized carbons (Fsp3) is 0.133. The Hall–Kier alpha value is -1.47. The highest BCUT2D eigenvalue weighted by molar-refractivity contribution is 8.00. The first-order chi connectivity index (χ1) is 11.4. The number of pyridine rings is 1. The molecule has 0 fully saturated rings. The van der Waals surface area contributed by atoms with E-state index in [1.807, 2.05) is 6.07 Å². The van der Waals surface area contributed by atoms with Crippen molar-refractivity contribution >= 4 is 69.3 Å². The molecule has 0 spiro atoms. The Bertz CT molecular complexity index is 915. The summed E-state index contributed by atoms with van der Waals surface area (Å²) in [6.45, 7) is 1.77. The zero-order chi connectivity index (χ0) is 17.3. The summed E-state index contributed by atoms with van der Waals surface area (Å²) in [6, 6.07) is 6.90. The number of nitrogens with zero attached hydrogens (tertiary/aromatic N) is 2. The van der Waals surface area contributed by atoms with Crippen LogP contribution in [0, 0.1) is 0 Å². The number of aromatic nitrogens is 3. The number of carbonyl (C=O) groups excluding carboxylic acids is 1. The standard InChI is InChI=1S/C15H11Cl3N4OS/c1-7(14(23)22-13-10(18)4-9(17)6-19-13)24-15-20-11-3-2-8(16)5-12(11)21-15/h2-7H,1H3,(H,20,21)(H,19,22,23). The molecule has 9 heteroatoms. The van der Waals surface area contributed by atoms with Crippen LogP contribution in [0.5, 0.6) is 0 Å². The van der Waals surface area contributed by atoms with Gasteiger partial charge in [0.05, 0.1) is 26.3 Å². The Kier molecular flexibility index (Phi) is 5.20. The van der Waals surface area contributed by atoms with E-state index in [2.05, 4.69) is 20.3 Å². The molecule has 2 N–H and O–H groups in total. The Morgan fingerprint density at radius 2 is 2.04 bits per heavy atom. The van der Waals surface area contributed by atoms with Gasteiger partial charge in [0.15, 0.2) is 11.0 Å². The zero-order valence-corrected chi connectivity index (χ0v) is 15.4. The average Bonchev–Trinajstić information content (AvgIpc) is 2.91. The lowest BCUT2D eigenvalue weighted by atomic mass is 10.3. The largest absolute Gasteiger partial charge is 0.333 e. The van der Waals surface area contributed by atoms with Crippen molar-refractivity contribution in [2.45, 2.75) is 17.3 Å². The van der Waals surface area contributed by atoms with Crippen LogP contribution in [0.1, 0.15) is 6.92 Å². The molecule has 1 aromatic carbocycles. The van der Waals surface area contributed by atoms with E-state index in [0.717, 1.165) is 11.0 Å². The van der Waals surface area contributed by atoms with Gasteiger partial charge in [-0.3, -0.25) is 4.79 Å². The lowest BCUT2D eigenvalue weighted by molar-refractivity contribution is -0.115. The van der Waals surface area contributed by atoms with Crippen molar-refractivity contribution < 1.29 is 4.79 Å². The minimum absolute atomic E-state index is 0.241. The maximum atomic E-state index is 12.3. The number of thioether (sulfide) groups is 1. The van der Waals surface area contributed by atoms with Crippen LogP contribution in [0.2, 0.25) is 15.1 Å². The molecule has 24 heavy (non-hydrogen) atoms. The molecule has 0 aliphatic carbocycles. The molecule has 0 bridgehead atoms. The van der Waals surface area contributed by atoms with Crippen molar-refractivity contribution in [1.29, 1.82) is 0 Å². The second-order valence-corrected chi connectivity index (χ2v) is 7.55. The molecule has 124 valence electrons. The number of hydrogen-bond donors (Lipinski definition) is 2. The predicted molar refractivity (Wildman–Crippen MR) is 99.3 cm³/mol. The van der Waals surface area contributed by atoms with Crippen molar-refractivity contribution in [3.05, 3.63) is 45.5 Å². The zero-order valence-electron chi connectivity index (χ0n) is 12.3. The van der Waals surface area contributed by atoms with Crippen LogP contribution in [-0.4, -0.2) is 26.1 Å². The van der Waals surface area contributed by atoms with E-state index < -0.39 is 5.25 Å². The van der Waals surface area contributed by atoms with Gasteiger partial charge in [0.25, 0.3) is 0 Å². The first-order valence-electron chi connectivity index (χ1n) is 6.86. The summed E-state index contributed by atoms with van der Waals surface area (Å²) >= 11 is 19.0. The minimum Gasteiger partial charge on any atom is -0.333 e. The maximum absolute atomic E-state index is 12.3. The molecule has 1 unspecified atom stereocenters. The molecule has 0 saturated carbocycles. The number of anilines is 1. The predicted octanol–water partition coefficient (Wildman–Crippen LogP) is 5.04. The van der Waals surface area contributed by atoms with Crippen molar-refractivity contribution in [2.75, 3.05) is 5.32 Å². The summed E-state index contributed by atoms with van der Waals surface area (Å²) in [5.74, 6) is 0.0325. The fourth-order valence-corrected chi connectivity index (χ4v) is 3.38. The number of H-pyrrole nitrogens is 1. The third-order valence-electron chi connectivity index (χ3n) is 3.13. The maximum Gasteiger partial charge on any atom is 0.238 e. The quantitative estimate of drug-likeness (QED) is 0.601. The van der Waals surface area contributed by atoms with Crippen LogP contribution in [0.15, 0.2) is 35.6 Å². The lowest BCUT2D eigenvalue weighted by Gasteiger charge is -2.11. The SMILES string of the molecule is CC(Sc1nc2ccc(Cl)cc2[nH]1)C(=O)Nc1ncc(Cl)cc1Cl. The number of carbonyl (C=O) groups is 1. The van der Waals surface area contributed by atoms with Crippen molar-refractivity contribution in [3.63, 3.8) is 0 Å². The highest BCUT2D eigenvalue weighted by Crippen LogP contribution is 2.27. The second kappa shape index (κ2) is 7.19. The monoisotopic (exact) mass is 400 g/mol. The highest BCUT2D eigenvalue weighted by Gasteiger charge is 2.18. The molecule has 2 aromatic heterocycles. The molecule has 0 radical (unpaired) electrons. The van der Waals surface area contributed by atoms with Crippen LogP contribution >= 0.6 is 46.6 Å². The van der Waals surface area contributed by atoms with Crippen LogP contribution in [0.3, 0.4) is 0 Å². The first-order valence-corrected chi connectivity index (χ1v) is 8.87. The molecular weight excluding hydrogens is 391 g/mol. The van der Waals surface area contributed by atoms with Gasteiger partial charge in [-0.2, -0.15) is 0 Å². The number of hydrogen-bond acceptors (Lipinski definition) is 4. The molecule has 0 aliphatic rings. The molecule has 0 aliphatic heterocycles. The van der Waals surface area contributed by atoms with Gasteiger partial charge in [-0.05, 0) is 31.2 Å². The van der Waals surface area contributed by atoms with Gasteiger partial charge in [0.1, 0.15) is 0 Å². The van der Waals surface area contributed by atoms with Gasteiger partial charge >= 0.3 is 0 Å². The second-order valence-electron chi connectivity index (χ2n) is 4.94. The number of imidazole rings is 1. The molecule has 2 heterocycles. The summed E-state index contributed by atoms with van der Waals surface area (Å²) in [7, 11) is 0. The Labute approximate surface area is 157 Å². The van der Waals surface area contributed by atoms with E-state index in [-0.39, 0.29) is 16.7 Å². The number of aromatic amines is 1. The molecule has 1 amide bonds. The summed E-state index contributed by atoms with van der Waals surface area (Å²) in [6.07, 6.45) is 1.42. The number of fused-ring (bicyclic) bond motifs is 1. The molecule has 5 nitrogen and oxygen atoms in total. The minimum atomic E-state index is -0.408. The average molecular weight is 402 g/mol. The fourth-order valence-electron chi connectivity index (χ4n) is 1.96. The highest BCUT2D eigenvalue weighted by atomic mass is 35.5. The Balaban J connectivity index is 1.70. The van der Waals surface area contributed by atoms with E-state index in [1.54, 1.807) is 19.1 Å². The van der Waals surface area contributed by atoms with Crippen LogP contribution in [-0.2, 0) is 4.79 Å². The topological polar surface area (TPSA) is 70.7 Å². The third-order valence-corrected chi connectivity index (χ3v) is 4.84. The number of nitrogens with one attached hydrogen (secondary N) is 2. The number of amides is 1. The molecular formula is C15H11Cl3N4OS. The number of rotatable bonds is 4. The van der Waals surface area contributed by atoms with Crippen LogP contribution < -0.4 is 5.32 Å². The Morgan fingerprint density at radius 1 is 1.25 bits per heavy atom. The summed E-state index contributed by atoms with van der Waals surface area (Å²) in [4.78, 5) is 23.9. The lowest BCUT2D eigenvalue weighted by Crippen LogP contribution is -2.23. The van der Waals surface area contributed by atoms with E-state index in [4.69, 9.17) is 34.8 Å². The van der Waals surface area contributed by atoms with Gasteiger partial charge in [-0.1, -0.05) is 46.6 Å². The van der Waals surface area contributed by atoms with Crippen LogP contribution in [0.4, 0.5) is 5.82 Å². The first kappa shape index (κ1) is 17.4. The Morgan fingerprint density at radius 3 is 2.79 bits per heavy atom. The van der Waals surface area contributed by atoms with E-state index in [1.165, 1.54) is 24.0 Å². The van der Waals surface area contributed by atoms with E-state index in [0.29, 0.717) is 15.2 Å². The molecule has 3 aromatic rings. The molecule has 1 atom stereocenters. The van der Waals surface area contributed by atoms with Gasteiger partial charge < -0.3 is 10.3 Å². The summed E-state index contributed by atoms with van der Waals surface area (Å²) < 4.78 is 0. The normalized spacial score (nSPS) is 12.3. The van der Waals surface area contributed by atoms with Crippen molar-refractivity contribution in [1.82, 2.24) is 15.0 Å². The van der Waals surface area contributed by atoms with Crippen LogP contribution in [0.25, 0.3) is 11.0 Å². The summed E-state index contributed by atoms with van der Waals surface area (Å²) in [5.41, 5.74) is 1.61. The van der Waals surface area contributed by atoms with Gasteiger partial charge in [0.2, 0.25) is 5.91 Å². The van der Waals surface area contributed by atoms with Crippen molar-refractivity contribution in [2.24, 2.45) is 0 Å². The summed E-state index contributed by atoms with van der Waals surface area (Å²) in [5, 5.41) is 4.21. The van der Waals surface area contributed by atoms with E-state index >= 15 is 0 Å². The van der Waals surface area contributed by atoms with Gasteiger partial charge in [0, 0.05) is 11.2 Å². The molecule has 3 rings (SSSR count). The third kappa shape index (κ3) is 3.95. The number of benzene rings is 1. The smallest absolute Gasteiger partial charge is 0.238 e. The van der Waals surface area contributed by atoms with Gasteiger partial charge in [-0.15, -0.1) is 0 Å². The van der Waals surface area contributed by atoms with E-state index in [9.17, 15) is 4.79 Å². The molecule has 0 saturated heterocycles.